The topological polar surface area (TPSA) is 74.0 Å². The summed E-state index contributed by atoms with van der Waals surface area (Å²) in [4.78, 5) is 26.3. The van der Waals surface area contributed by atoms with E-state index in [9.17, 15) is 9.59 Å². The van der Waals surface area contributed by atoms with Crippen molar-refractivity contribution in [3.8, 4) is 0 Å². The van der Waals surface area contributed by atoms with Gasteiger partial charge in [-0.25, -0.2) is 4.79 Å². The number of amides is 2. The number of pyridine rings is 1. The maximum absolute atomic E-state index is 11.9. The average Bonchev–Trinajstić information content (AvgIpc) is 2.42. The molecule has 2 rings (SSSR count). The van der Waals surface area contributed by atoms with Crippen LogP contribution in [0.3, 0.4) is 0 Å². The third kappa shape index (κ3) is 3.60. The van der Waals surface area contributed by atoms with Crippen molar-refractivity contribution in [2.75, 3.05) is 6.54 Å². The van der Waals surface area contributed by atoms with E-state index in [0.29, 0.717) is 18.0 Å². The number of hydrogen-bond acceptors (Lipinski definition) is 2. The molecule has 20 heavy (non-hydrogen) atoms. The summed E-state index contributed by atoms with van der Waals surface area (Å²) >= 11 is 0. The Morgan fingerprint density at radius 2 is 2.00 bits per heavy atom. The van der Waals surface area contributed by atoms with Gasteiger partial charge >= 0.3 is 6.03 Å². The lowest BCUT2D eigenvalue weighted by Gasteiger charge is -2.09. The van der Waals surface area contributed by atoms with Crippen LogP contribution >= 0.6 is 0 Å². The van der Waals surface area contributed by atoms with Gasteiger partial charge in [0.2, 0.25) is 0 Å². The highest BCUT2D eigenvalue weighted by molar-refractivity contribution is 5.79. The predicted octanol–water partition coefficient (Wildman–Crippen LogP) is 1.98. The molecular weight excluding hydrogens is 254 g/mol. The molecule has 5 nitrogen and oxygen atoms in total. The van der Waals surface area contributed by atoms with Gasteiger partial charge < -0.3 is 15.6 Å². The van der Waals surface area contributed by atoms with Crippen molar-refractivity contribution >= 4 is 16.9 Å². The molecule has 0 spiro atoms. The Balaban J connectivity index is 2.04. The number of nitrogens with one attached hydrogen (secondary N) is 3. The van der Waals surface area contributed by atoms with Gasteiger partial charge in [-0.3, -0.25) is 4.79 Å². The average molecular weight is 273 g/mol. The summed E-state index contributed by atoms with van der Waals surface area (Å²) in [6.45, 7) is 4.87. The highest BCUT2D eigenvalue weighted by atomic mass is 16.2. The van der Waals surface area contributed by atoms with Crippen molar-refractivity contribution in [1.82, 2.24) is 15.6 Å². The van der Waals surface area contributed by atoms with E-state index in [0.717, 1.165) is 10.9 Å². The molecule has 2 aromatic rings. The number of carbonyl (C=O) groups excluding carboxylic acids is 1. The molecule has 1 heterocycles. The molecule has 0 saturated carbocycles. The van der Waals surface area contributed by atoms with Gasteiger partial charge in [0.25, 0.3) is 5.56 Å². The molecule has 106 valence electrons. The summed E-state index contributed by atoms with van der Waals surface area (Å²) in [5, 5.41) is 6.39. The quantitative estimate of drug-likeness (QED) is 0.797. The molecule has 0 radical (unpaired) electrons. The van der Waals surface area contributed by atoms with Crippen molar-refractivity contribution in [2.24, 2.45) is 5.92 Å². The van der Waals surface area contributed by atoms with E-state index >= 15 is 0 Å². The molecule has 0 aliphatic rings. The zero-order valence-corrected chi connectivity index (χ0v) is 11.7. The van der Waals surface area contributed by atoms with E-state index in [2.05, 4.69) is 15.6 Å². The molecule has 2 amide bonds. The van der Waals surface area contributed by atoms with Gasteiger partial charge in [0.1, 0.15) is 0 Å². The molecule has 0 bridgehead atoms. The molecule has 1 aromatic heterocycles. The van der Waals surface area contributed by atoms with E-state index in [1.807, 2.05) is 38.1 Å². The Hall–Kier alpha value is -2.30. The molecule has 0 saturated heterocycles. The highest BCUT2D eigenvalue weighted by Gasteiger charge is 2.05. The number of para-hydroxylation sites is 1. The van der Waals surface area contributed by atoms with Gasteiger partial charge in [0.15, 0.2) is 0 Å². The number of hydrogen-bond donors (Lipinski definition) is 3. The van der Waals surface area contributed by atoms with Crippen LogP contribution in [0.2, 0.25) is 0 Å². The first-order chi connectivity index (χ1) is 9.56. The van der Waals surface area contributed by atoms with Crippen LogP contribution in [0.25, 0.3) is 10.9 Å². The van der Waals surface area contributed by atoms with Crippen LogP contribution in [0, 0.1) is 5.92 Å². The Morgan fingerprint density at radius 1 is 1.25 bits per heavy atom. The van der Waals surface area contributed by atoms with Crippen molar-refractivity contribution in [2.45, 2.75) is 20.4 Å². The number of fused-ring (bicyclic) bond motifs is 1. The minimum Gasteiger partial charge on any atom is -0.338 e. The molecule has 0 unspecified atom stereocenters. The van der Waals surface area contributed by atoms with E-state index in [4.69, 9.17) is 0 Å². The number of aromatic amines is 1. The summed E-state index contributed by atoms with van der Waals surface area (Å²) in [5.74, 6) is 0.393. The second kappa shape index (κ2) is 6.23. The molecule has 0 fully saturated rings. The van der Waals surface area contributed by atoms with Crippen LogP contribution in [0.15, 0.2) is 35.1 Å². The molecular formula is C15H19N3O2. The Labute approximate surface area is 117 Å². The summed E-state index contributed by atoms with van der Waals surface area (Å²) in [6.07, 6.45) is 0. The minimum absolute atomic E-state index is 0.173. The second-order valence-electron chi connectivity index (χ2n) is 5.17. The van der Waals surface area contributed by atoms with Gasteiger partial charge in [0, 0.05) is 24.2 Å². The first kappa shape index (κ1) is 14.1. The molecule has 5 heteroatoms. The van der Waals surface area contributed by atoms with Crippen LogP contribution in [-0.4, -0.2) is 17.6 Å². The Bertz CT molecular complexity index is 661. The van der Waals surface area contributed by atoms with Crippen LogP contribution in [0.1, 0.15) is 19.4 Å². The van der Waals surface area contributed by atoms with E-state index in [1.165, 1.54) is 0 Å². The monoisotopic (exact) mass is 273 g/mol. The standard InChI is InChI=1S/C15H19N3O2/c1-10(2)8-16-15(20)17-9-12-7-11-5-3-4-6-13(11)18-14(12)19/h3-7,10H,8-9H2,1-2H3,(H,18,19)(H2,16,17,20). The fraction of sp³-hybridized carbons (Fsp3) is 0.333. The Morgan fingerprint density at radius 3 is 2.75 bits per heavy atom. The highest BCUT2D eigenvalue weighted by Crippen LogP contribution is 2.09. The predicted molar refractivity (Wildman–Crippen MR) is 79.6 cm³/mol. The fourth-order valence-corrected chi connectivity index (χ4v) is 1.86. The van der Waals surface area contributed by atoms with Gasteiger partial charge in [-0.2, -0.15) is 0 Å². The first-order valence-electron chi connectivity index (χ1n) is 6.69. The number of rotatable bonds is 4. The molecule has 0 aliphatic heterocycles. The summed E-state index contributed by atoms with van der Waals surface area (Å²) in [7, 11) is 0. The largest absolute Gasteiger partial charge is 0.338 e. The number of benzene rings is 1. The summed E-state index contributed by atoms with van der Waals surface area (Å²) in [5.41, 5.74) is 1.17. The lowest BCUT2D eigenvalue weighted by atomic mass is 10.1. The fourth-order valence-electron chi connectivity index (χ4n) is 1.86. The van der Waals surface area contributed by atoms with Gasteiger partial charge in [-0.1, -0.05) is 32.0 Å². The normalized spacial score (nSPS) is 10.8. The zero-order valence-electron chi connectivity index (χ0n) is 11.7. The molecule has 3 N–H and O–H groups in total. The van der Waals surface area contributed by atoms with Crippen molar-refractivity contribution in [3.05, 3.63) is 46.2 Å². The second-order valence-corrected chi connectivity index (χ2v) is 5.17. The van der Waals surface area contributed by atoms with Crippen LogP contribution in [0.5, 0.6) is 0 Å². The van der Waals surface area contributed by atoms with Crippen molar-refractivity contribution < 1.29 is 4.79 Å². The number of aromatic nitrogens is 1. The van der Waals surface area contributed by atoms with Crippen molar-refractivity contribution in [3.63, 3.8) is 0 Å². The van der Waals surface area contributed by atoms with Gasteiger partial charge in [-0.05, 0) is 23.4 Å². The first-order valence-corrected chi connectivity index (χ1v) is 6.69. The Kier molecular flexibility index (Phi) is 4.40. The number of urea groups is 1. The van der Waals surface area contributed by atoms with Crippen LogP contribution < -0.4 is 16.2 Å². The number of carbonyl (C=O) groups is 1. The lowest BCUT2D eigenvalue weighted by Crippen LogP contribution is -2.38. The number of H-pyrrole nitrogens is 1. The van der Waals surface area contributed by atoms with Crippen LogP contribution in [-0.2, 0) is 6.54 Å². The lowest BCUT2D eigenvalue weighted by molar-refractivity contribution is 0.239. The van der Waals surface area contributed by atoms with E-state index in [-0.39, 0.29) is 18.1 Å². The van der Waals surface area contributed by atoms with Gasteiger partial charge in [0.05, 0.1) is 0 Å². The van der Waals surface area contributed by atoms with E-state index in [1.54, 1.807) is 6.07 Å². The minimum atomic E-state index is -0.258. The molecule has 1 aromatic carbocycles. The zero-order chi connectivity index (χ0) is 14.5. The maximum Gasteiger partial charge on any atom is 0.315 e. The van der Waals surface area contributed by atoms with E-state index < -0.39 is 0 Å². The SMILES string of the molecule is CC(C)CNC(=O)NCc1cc2ccccc2[nH]c1=O. The van der Waals surface area contributed by atoms with Crippen LogP contribution in [0.4, 0.5) is 4.79 Å². The summed E-state index contributed by atoms with van der Waals surface area (Å²) < 4.78 is 0. The van der Waals surface area contributed by atoms with Gasteiger partial charge in [-0.15, -0.1) is 0 Å². The maximum atomic E-state index is 11.9. The smallest absolute Gasteiger partial charge is 0.315 e. The molecule has 0 aliphatic carbocycles. The molecule has 0 atom stereocenters. The summed E-state index contributed by atoms with van der Waals surface area (Å²) in [6, 6.07) is 9.10. The third-order valence-electron chi connectivity index (χ3n) is 2.94. The van der Waals surface area contributed by atoms with Crippen molar-refractivity contribution in [1.29, 1.82) is 0 Å². The third-order valence-corrected chi connectivity index (χ3v) is 2.94.